The molecule has 1 fully saturated rings. The zero-order chi connectivity index (χ0) is 11.1. The number of rotatable bonds is 3. The normalized spacial score (nSPS) is 17.8. The van der Waals surface area contributed by atoms with E-state index in [1.54, 1.807) is 0 Å². The van der Waals surface area contributed by atoms with Crippen LogP contribution >= 0.6 is 0 Å². The summed E-state index contributed by atoms with van der Waals surface area (Å²) >= 11 is 0. The van der Waals surface area contributed by atoms with Crippen LogP contribution in [0.15, 0.2) is 12.1 Å². The van der Waals surface area contributed by atoms with Crippen molar-refractivity contribution < 1.29 is 9.50 Å². The van der Waals surface area contributed by atoms with Gasteiger partial charge in [-0.3, -0.25) is 0 Å². The molecular weight excluding hydrogens is 193 g/mol. The van der Waals surface area contributed by atoms with Crippen LogP contribution in [0, 0.1) is 5.82 Å². The second-order valence-corrected chi connectivity index (χ2v) is 4.48. The molecule has 2 nitrogen and oxygen atoms in total. The summed E-state index contributed by atoms with van der Waals surface area (Å²) in [6.45, 7) is 1.96. The Morgan fingerprint density at radius 2 is 2.13 bits per heavy atom. The second kappa shape index (κ2) is 3.49. The zero-order valence-corrected chi connectivity index (χ0v) is 8.89. The van der Waals surface area contributed by atoms with Gasteiger partial charge in [0.05, 0.1) is 0 Å². The minimum absolute atomic E-state index is 0.198. The van der Waals surface area contributed by atoms with Gasteiger partial charge in [0.25, 0.3) is 0 Å². The monoisotopic (exact) mass is 209 g/mol. The van der Waals surface area contributed by atoms with Gasteiger partial charge >= 0.3 is 0 Å². The predicted molar refractivity (Wildman–Crippen MR) is 57.3 cm³/mol. The highest BCUT2D eigenvalue weighted by Crippen LogP contribution is 2.38. The minimum Gasteiger partial charge on any atom is -0.505 e. The molecule has 0 saturated heterocycles. The maximum absolute atomic E-state index is 13.3. The number of phenolic OH excluding ortho intramolecular Hbond substituents is 1. The molecule has 2 rings (SSSR count). The lowest BCUT2D eigenvalue weighted by Gasteiger charge is -2.12. The van der Waals surface area contributed by atoms with Gasteiger partial charge in [-0.2, -0.15) is 0 Å². The lowest BCUT2D eigenvalue weighted by molar-refractivity contribution is 0.422. The van der Waals surface area contributed by atoms with E-state index in [1.807, 2.05) is 13.0 Å². The van der Waals surface area contributed by atoms with Gasteiger partial charge in [0.2, 0.25) is 0 Å². The molecule has 1 aromatic rings. The molecule has 15 heavy (non-hydrogen) atoms. The largest absolute Gasteiger partial charge is 0.505 e. The first kappa shape index (κ1) is 10.4. The van der Waals surface area contributed by atoms with Crippen molar-refractivity contribution in [2.45, 2.75) is 38.1 Å². The molecule has 0 atom stereocenters. The van der Waals surface area contributed by atoms with Crippen molar-refractivity contribution >= 4 is 0 Å². The molecule has 0 radical (unpaired) electrons. The van der Waals surface area contributed by atoms with Gasteiger partial charge in [0.15, 0.2) is 11.6 Å². The number of hydrogen-bond acceptors (Lipinski definition) is 2. The molecule has 1 aliphatic rings. The van der Waals surface area contributed by atoms with Gasteiger partial charge in [0.1, 0.15) is 0 Å². The van der Waals surface area contributed by atoms with E-state index in [-0.39, 0.29) is 11.3 Å². The first-order chi connectivity index (χ1) is 7.04. The van der Waals surface area contributed by atoms with Crippen LogP contribution in [0.1, 0.15) is 30.9 Å². The summed E-state index contributed by atoms with van der Waals surface area (Å²) < 4.78 is 13.3. The third kappa shape index (κ3) is 2.12. The molecule has 0 amide bonds. The Morgan fingerprint density at radius 3 is 2.67 bits per heavy atom. The molecule has 82 valence electrons. The van der Waals surface area contributed by atoms with Crippen molar-refractivity contribution in [3.8, 4) is 5.75 Å². The van der Waals surface area contributed by atoms with Crippen LogP contribution < -0.4 is 5.73 Å². The molecule has 3 heteroatoms. The number of benzene rings is 1. The third-order valence-electron chi connectivity index (χ3n) is 3.05. The number of aromatic hydroxyl groups is 1. The molecule has 3 N–H and O–H groups in total. The Labute approximate surface area is 88.9 Å². The summed E-state index contributed by atoms with van der Waals surface area (Å²) in [5, 5.41) is 9.58. The van der Waals surface area contributed by atoms with E-state index in [4.69, 9.17) is 5.73 Å². The van der Waals surface area contributed by atoms with Crippen molar-refractivity contribution in [2.75, 3.05) is 0 Å². The quantitative estimate of drug-likeness (QED) is 0.801. The van der Waals surface area contributed by atoms with Gasteiger partial charge in [-0.25, -0.2) is 4.39 Å². The first-order valence-corrected chi connectivity index (χ1v) is 5.33. The molecule has 1 saturated carbocycles. The van der Waals surface area contributed by atoms with E-state index in [9.17, 15) is 9.50 Å². The van der Waals surface area contributed by atoms with Gasteiger partial charge in [-0.05, 0) is 42.9 Å². The maximum Gasteiger partial charge on any atom is 0.165 e. The van der Waals surface area contributed by atoms with Crippen LogP contribution in [-0.4, -0.2) is 10.6 Å². The number of aryl methyl sites for hydroxylation is 1. The number of phenols is 1. The van der Waals surface area contributed by atoms with Gasteiger partial charge in [-0.15, -0.1) is 0 Å². The number of halogens is 1. The van der Waals surface area contributed by atoms with Crippen LogP contribution in [-0.2, 0) is 12.8 Å². The van der Waals surface area contributed by atoms with Crippen LogP contribution in [0.5, 0.6) is 5.75 Å². The van der Waals surface area contributed by atoms with E-state index in [2.05, 4.69) is 0 Å². The average Bonchev–Trinajstić information content (AvgIpc) is 2.91. The molecule has 0 aromatic heterocycles. The Morgan fingerprint density at radius 1 is 1.47 bits per heavy atom. The summed E-state index contributed by atoms with van der Waals surface area (Å²) in [6, 6.07) is 3.24. The lowest BCUT2D eigenvalue weighted by atomic mass is 10.00. The third-order valence-corrected chi connectivity index (χ3v) is 3.05. The van der Waals surface area contributed by atoms with Crippen molar-refractivity contribution in [3.63, 3.8) is 0 Å². The second-order valence-electron chi connectivity index (χ2n) is 4.48. The molecule has 1 aliphatic carbocycles. The van der Waals surface area contributed by atoms with Crippen LogP contribution in [0.2, 0.25) is 0 Å². The van der Waals surface area contributed by atoms with Crippen molar-refractivity contribution in [2.24, 2.45) is 5.73 Å². The number of nitrogens with two attached hydrogens (primary N) is 1. The lowest BCUT2D eigenvalue weighted by Crippen LogP contribution is -2.24. The highest BCUT2D eigenvalue weighted by Gasteiger charge is 2.38. The summed E-state index contributed by atoms with van der Waals surface area (Å²) in [5.74, 6) is -0.766. The van der Waals surface area contributed by atoms with Crippen molar-refractivity contribution in [1.82, 2.24) is 0 Å². The van der Waals surface area contributed by atoms with E-state index in [0.717, 1.165) is 24.8 Å². The van der Waals surface area contributed by atoms with Crippen LogP contribution in [0.4, 0.5) is 4.39 Å². The molecule has 0 spiro atoms. The smallest absolute Gasteiger partial charge is 0.165 e. The molecular formula is C12H16FNO. The summed E-state index contributed by atoms with van der Waals surface area (Å²) in [4.78, 5) is 0. The van der Waals surface area contributed by atoms with Gasteiger partial charge in [0, 0.05) is 5.54 Å². The van der Waals surface area contributed by atoms with E-state index in [0.29, 0.717) is 12.0 Å². The van der Waals surface area contributed by atoms with Crippen molar-refractivity contribution in [3.05, 3.63) is 29.1 Å². The summed E-state index contributed by atoms with van der Waals surface area (Å²) in [7, 11) is 0. The fraction of sp³-hybridized carbons (Fsp3) is 0.500. The van der Waals surface area contributed by atoms with Crippen molar-refractivity contribution in [1.29, 1.82) is 0 Å². The Balaban J connectivity index is 2.31. The highest BCUT2D eigenvalue weighted by molar-refractivity contribution is 5.39. The molecule has 1 aromatic carbocycles. The first-order valence-electron chi connectivity index (χ1n) is 5.33. The average molecular weight is 209 g/mol. The minimum atomic E-state index is -0.534. The van der Waals surface area contributed by atoms with E-state index >= 15 is 0 Å². The highest BCUT2D eigenvalue weighted by atomic mass is 19.1. The van der Waals surface area contributed by atoms with Crippen LogP contribution in [0.3, 0.4) is 0 Å². The topological polar surface area (TPSA) is 46.2 Å². The molecule has 0 unspecified atom stereocenters. The number of hydrogen-bond donors (Lipinski definition) is 2. The fourth-order valence-electron chi connectivity index (χ4n) is 1.77. The Kier molecular flexibility index (Phi) is 2.43. The standard InChI is InChI=1S/C12H16FNO/c1-2-8-5-9(7-12(14)3-4-12)11(15)10(13)6-8/h5-6,15H,2-4,7,14H2,1H3. The summed E-state index contributed by atoms with van der Waals surface area (Å²) in [6.07, 6.45) is 3.26. The molecule has 0 aliphatic heterocycles. The SMILES string of the molecule is CCc1cc(F)c(O)c(CC2(N)CC2)c1. The Bertz CT molecular complexity index is 385. The molecule has 0 heterocycles. The van der Waals surface area contributed by atoms with Crippen LogP contribution in [0.25, 0.3) is 0 Å². The zero-order valence-electron chi connectivity index (χ0n) is 8.89. The van der Waals surface area contributed by atoms with E-state index in [1.165, 1.54) is 6.07 Å². The fourth-order valence-corrected chi connectivity index (χ4v) is 1.77. The van der Waals surface area contributed by atoms with Gasteiger partial charge in [-0.1, -0.05) is 13.0 Å². The van der Waals surface area contributed by atoms with E-state index < -0.39 is 5.82 Å². The maximum atomic E-state index is 13.3. The predicted octanol–water partition coefficient (Wildman–Crippen LogP) is 2.13. The molecule has 0 bridgehead atoms. The summed E-state index contributed by atoms with van der Waals surface area (Å²) in [5.41, 5.74) is 7.31. The van der Waals surface area contributed by atoms with Gasteiger partial charge < -0.3 is 10.8 Å². The Hall–Kier alpha value is -1.09.